The number of pyridine rings is 1. The van der Waals surface area contributed by atoms with Gasteiger partial charge < -0.3 is 9.80 Å². The maximum Gasteiger partial charge on any atom is 0.233 e. The molecular formula is C21H23ClN6OS. The Kier molecular flexibility index (Phi) is 6.36. The van der Waals surface area contributed by atoms with E-state index in [1.807, 2.05) is 46.7 Å². The van der Waals surface area contributed by atoms with E-state index in [-0.39, 0.29) is 5.91 Å². The fourth-order valence-corrected chi connectivity index (χ4v) is 4.40. The first-order valence-electron chi connectivity index (χ1n) is 9.75. The summed E-state index contributed by atoms with van der Waals surface area (Å²) in [5, 5.41) is 10.2. The second-order valence-electron chi connectivity index (χ2n) is 7.23. The summed E-state index contributed by atoms with van der Waals surface area (Å²) in [6.45, 7) is 5.30. The lowest BCUT2D eigenvalue weighted by molar-refractivity contribution is -0.129. The van der Waals surface area contributed by atoms with Gasteiger partial charge in [0, 0.05) is 49.2 Å². The van der Waals surface area contributed by atoms with Crippen molar-refractivity contribution in [2.24, 2.45) is 0 Å². The quantitative estimate of drug-likeness (QED) is 0.565. The zero-order chi connectivity index (χ0) is 21.1. The van der Waals surface area contributed by atoms with Gasteiger partial charge in [-0.2, -0.15) is 0 Å². The number of carbonyl (C=O) groups is 1. The number of thioether (sulfide) groups is 1. The first kappa shape index (κ1) is 20.8. The Morgan fingerprint density at radius 3 is 2.57 bits per heavy atom. The van der Waals surface area contributed by atoms with Gasteiger partial charge in [-0.05, 0) is 43.8 Å². The van der Waals surface area contributed by atoms with Gasteiger partial charge in [0.2, 0.25) is 5.91 Å². The van der Waals surface area contributed by atoms with E-state index in [0.29, 0.717) is 21.8 Å². The van der Waals surface area contributed by atoms with Crippen LogP contribution >= 0.6 is 23.4 Å². The fourth-order valence-electron chi connectivity index (χ4n) is 3.38. The van der Waals surface area contributed by atoms with Crippen LogP contribution in [0.2, 0.25) is 5.02 Å². The monoisotopic (exact) mass is 442 g/mol. The molecule has 0 spiro atoms. The normalized spacial score (nSPS) is 14.8. The molecule has 0 saturated carbocycles. The fraction of sp³-hybridized carbons (Fsp3) is 0.333. The predicted octanol–water partition coefficient (Wildman–Crippen LogP) is 3.16. The molecule has 0 aliphatic carbocycles. The first-order chi connectivity index (χ1) is 14.5. The summed E-state index contributed by atoms with van der Waals surface area (Å²) in [7, 11) is 2.08. The van der Waals surface area contributed by atoms with Crippen molar-refractivity contribution in [2.45, 2.75) is 12.1 Å². The Balaban J connectivity index is 1.64. The molecule has 7 nitrogen and oxygen atoms in total. The van der Waals surface area contributed by atoms with Gasteiger partial charge in [-0.15, -0.1) is 10.2 Å². The average molecular weight is 443 g/mol. The molecule has 9 heteroatoms. The summed E-state index contributed by atoms with van der Waals surface area (Å²) in [6, 6.07) is 9.54. The number of carbonyl (C=O) groups excluding carboxylic acids is 1. The van der Waals surface area contributed by atoms with Gasteiger partial charge >= 0.3 is 0 Å². The average Bonchev–Trinajstić information content (AvgIpc) is 3.19. The van der Waals surface area contributed by atoms with E-state index in [2.05, 4.69) is 27.1 Å². The second-order valence-corrected chi connectivity index (χ2v) is 8.58. The lowest BCUT2D eigenvalue weighted by Crippen LogP contribution is -2.47. The van der Waals surface area contributed by atoms with Crippen molar-refractivity contribution in [3.05, 3.63) is 53.3 Å². The molecule has 0 N–H and O–H groups in total. The molecule has 1 aliphatic heterocycles. The van der Waals surface area contributed by atoms with E-state index in [9.17, 15) is 4.79 Å². The molecule has 2 aromatic heterocycles. The van der Waals surface area contributed by atoms with Crippen LogP contribution in [0.1, 0.15) is 5.56 Å². The summed E-state index contributed by atoms with van der Waals surface area (Å²) < 4.78 is 1.97. The maximum atomic E-state index is 12.7. The Morgan fingerprint density at radius 1 is 1.10 bits per heavy atom. The molecule has 156 valence electrons. The van der Waals surface area contributed by atoms with Crippen LogP contribution in [0, 0.1) is 6.92 Å². The van der Waals surface area contributed by atoms with Crippen LogP contribution in [0.25, 0.3) is 17.1 Å². The van der Waals surface area contributed by atoms with E-state index >= 15 is 0 Å². The van der Waals surface area contributed by atoms with E-state index < -0.39 is 0 Å². The Labute approximate surface area is 185 Å². The number of likely N-dealkylation sites (N-methyl/N-ethyl adjacent to an activating group) is 1. The highest BCUT2D eigenvalue weighted by Gasteiger charge is 2.22. The standard InChI is InChI=1S/C21H23ClN6OS/c1-15-17(22)4-3-5-18(15)28-20(16-6-8-23-9-7-16)24-25-21(28)30-14-19(29)27-12-10-26(2)11-13-27/h3-9H,10-14H2,1-2H3. The number of piperazine rings is 1. The summed E-state index contributed by atoms with van der Waals surface area (Å²) in [5.74, 6) is 1.13. The Hall–Kier alpha value is -2.42. The molecule has 3 aromatic rings. The van der Waals surface area contributed by atoms with Gasteiger partial charge in [-0.1, -0.05) is 29.4 Å². The van der Waals surface area contributed by atoms with E-state index in [1.165, 1.54) is 11.8 Å². The highest BCUT2D eigenvalue weighted by Crippen LogP contribution is 2.31. The zero-order valence-electron chi connectivity index (χ0n) is 17.0. The molecule has 0 atom stereocenters. The number of halogens is 1. The SMILES string of the molecule is Cc1c(Cl)cccc1-n1c(SCC(=O)N2CCN(C)CC2)nnc1-c1ccncc1. The molecule has 30 heavy (non-hydrogen) atoms. The van der Waals surface area contributed by atoms with Crippen molar-refractivity contribution in [3.8, 4) is 17.1 Å². The molecule has 4 rings (SSSR count). The minimum absolute atomic E-state index is 0.121. The lowest BCUT2D eigenvalue weighted by atomic mass is 10.2. The van der Waals surface area contributed by atoms with E-state index in [1.54, 1.807) is 12.4 Å². The largest absolute Gasteiger partial charge is 0.339 e. The molecule has 1 amide bonds. The van der Waals surface area contributed by atoms with Gasteiger partial charge in [0.1, 0.15) is 0 Å². The molecule has 0 radical (unpaired) electrons. The number of nitrogens with zero attached hydrogens (tertiary/aromatic N) is 6. The van der Waals surface area contributed by atoms with Crippen LogP contribution in [0.5, 0.6) is 0 Å². The van der Waals surface area contributed by atoms with Gasteiger partial charge in [0.05, 0.1) is 11.4 Å². The van der Waals surface area contributed by atoms with Crippen molar-refractivity contribution < 1.29 is 4.79 Å². The van der Waals surface area contributed by atoms with E-state index in [0.717, 1.165) is 43.0 Å². The van der Waals surface area contributed by atoms with Crippen molar-refractivity contribution >= 4 is 29.3 Å². The molecular weight excluding hydrogens is 420 g/mol. The Bertz CT molecular complexity index is 1030. The Morgan fingerprint density at radius 2 is 1.83 bits per heavy atom. The van der Waals surface area contributed by atoms with Crippen LogP contribution < -0.4 is 0 Å². The molecule has 1 aliphatic rings. The predicted molar refractivity (Wildman–Crippen MR) is 119 cm³/mol. The van der Waals surface area contributed by atoms with Crippen molar-refractivity contribution in [1.29, 1.82) is 0 Å². The number of hydrogen-bond donors (Lipinski definition) is 0. The number of rotatable bonds is 5. The molecule has 0 bridgehead atoms. The van der Waals surface area contributed by atoms with Crippen molar-refractivity contribution in [3.63, 3.8) is 0 Å². The van der Waals surface area contributed by atoms with Gasteiger partial charge in [0.15, 0.2) is 11.0 Å². The van der Waals surface area contributed by atoms with Crippen LogP contribution in [-0.4, -0.2) is 74.4 Å². The van der Waals surface area contributed by atoms with Gasteiger partial charge in [0.25, 0.3) is 0 Å². The van der Waals surface area contributed by atoms with Gasteiger partial charge in [-0.25, -0.2) is 0 Å². The number of benzene rings is 1. The minimum atomic E-state index is 0.121. The topological polar surface area (TPSA) is 67.2 Å². The zero-order valence-corrected chi connectivity index (χ0v) is 18.5. The number of aromatic nitrogens is 4. The lowest BCUT2D eigenvalue weighted by Gasteiger charge is -2.32. The number of amides is 1. The molecule has 1 fully saturated rings. The van der Waals surface area contributed by atoms with E-state index in [4.69, 9.17) is 11.6 Å². The molecule has 0 unspecified atom stereocenters. The molecule has 1 saturated heterocycles. The van der Waals surface area contributed by atoms with Crippen LogP contribution in [-0.2, 0) is 4.79 Å². The highest BCUT2D eigenvalue weighted by atomic mass is 35.5. The van der Waals surface area contributed by atoms with Gasteiger partial charge in [-0.3, -0.25) is 14.3 Å². The minimum Gasteiger partial charge on any atom is -0.339 e. The third kappa shape index (κ3) is 4.35. The summed E-state index contributed by atoms with van der Waals surface area (Å²) in [4.78, 5) is 21.0. The van der Waals surface area contributed by atoms with Crippen LogP contribution in [0.15, 0.2) is 47.9 Å². The molecule has 3 heterocycles. The van der Waals surface area contributed by atoms with Crippen LogP contribution in [0.3, 0.4) is 0 Å². The summed E-state index contributed by atoms with van der Waals surface area (Å²) >= 11 is 7.79. The highest BCUT2D eigenvalue weighted by molar-refractivity contribution is 7.99. The summed E-state index contributed by atoms with van der Waals surface area (Å²) in [6.07, 6.45) is 3.45. The third-order valence-corrected chi connectivity index (χ3v) is 6.56. The number of hydrogen-bond acceptors (Lipinski definition) is 6. The van der Waals surface area contributed by atoms with Crippen LogP contribution in [0.4, 0.5) is 0 Å². The van der Waals surface area contributed by atoms with Crippen molar-refractivity contribution in [2.75, 3.05) is 39.0 Å². The molecule has 1 aromatic carbocycles. The second kappa shape index (κ2) is 9.16. The maximum absolute atomic E-state index is 12.7. The smallest absolute Gasteiger partial charge is 0.233 e. The summed E-state index contributed by atoms with van der Waals surface area (Å²) in [5.41, 5.74) is 2.73. The first-order valence-corrected chi connectivity index (χ1v) is 11.1. The van der Waals surface area contributed by atoms with Crippen molar-refractivity contribution in [1.82, 2.24) is 29.5 Å². The third-order valence-electron chi connectivity index (χ3n) is 5.23.